The molecule has 2 unspecified atom stereocenters. The van der Waals surface area contributed by atoms with Gasteiger partial charge in [0.05, 0.1) is 24.5 Å². The summed E-state index contributed by atoms with van der Waals surface area (Å²) in [5, 5.41) is 12.5. The SMILES string of the molecule is Cc1cc(F)c(NCC(O)COC(C)CC(C)C)cc1F. The molecule has 0 aliphatic rings. The molecule has 0 radical (unpaired) electrons. The van der Waals surface area contributed by atoms with Gasteiger partial charge in [-0.05, 0) is 37.8 Å². The molecular formula is C16H25F2NO2. The van der Waals surface area contributed by atoms with Crippen LogP contribution in [-0.2, 0) is 4.74 Å². The van der Waals surface area contributed by atoms with Crippen LogP contribution in [0.4, 0.5) is 14.5 Å². The van der Waals surface area contributed by atoms with E-state index in [0.717, 1.165) is 18.6 Å². The number of benzene rings is 1. The van der Waals surface area contributed by atoms with Gasteiger partial charge in [0.25, 0.3) is 0 Å². The molecule has 0 heterocycles. The van der Waals surface area contributed by atoms with Crippen LogP contribution in [0.25, 0.3) is 0 Å². The molecule has 0 saturated carbocycles. The molecule has 3 nitrogen and oxygen atoms in total. The van der Waals surface area contributed by atoms with E-state index in [0.29, 0.717) is 5.92 Å². The van der Waals surface area contributed by atoms with Crippen LogP contribution in [0.3, 0.4) is 0 Å². The Balaban J connectivity index is 2.39. The lowest BCUT2D eigenvalue weighted by molar-refractivity contribution is -0.00445. The van der Waals surface area contributed by atoms with E-state index in [1.807, 2.05) is 6.92 Å². The molecule has 1 aromatic carbocycles. The van der Waals surface area contributed by atoms with Gasteiger partial charge in [-0.3, -0.25) is 0 Å². The van der Waals surface area contributed by atoms with Crippen molar-refractivity contribution in [1.82, 2.24) is 0 Å². The van der Waals surface area contributed by atoms with Gasteiger partial charge in [-0.15, -0.1) is 0 Å². The molecular weight excluding hydrogens is 276 g/mol. The third kappa shape index (κ3) is 6.40. The molecule has 0 bridgehead atoms. The third-order valence-corrected chi connectivity index (χ3v) is 3.15. The van der Waals surface area contributed by atoms with Crippen molar-refractivity contribution in [3.63, 3.8) is 0 Å². The minimum Gasteiger partial charge on any atom is -0.389 e. The molecule has 0 amide bonds. The Labute approximate surface area is 125 Å². The first-order valence-corrected chi connectivity index (χ1v) is 7.28. The van der Waals surface area contributed by atoms with Crippen molar-refractivity contribution >= 4 is 5.69 Å². The van der Waals surface area contributed by atoms with E-state index in [2.05, 4.69) is 19.2 Å². The second-order valence-electron chi connectivity index (χ2n) is 5.89. The Morgan fingerprint density at radius 3 is 2.48 bits per heavy atom. The largest absolute Gasteiger partial charge is 0.389 e. The quantitative estimate of drug-likeness (QED) is 0.772. The van der Waals surface area contributed by atoms with Crippen molar-refractivity contribution < 1.29 is 18.6 Å². The van der Waals surface area contributed by atoms with Crippen LogP contribution in [0.15, 0.2) is 12.1 Å². The van der Waals surface area contributed by atoms with Crippen LogP contribution < -0.4 is 5.32 Å². The van der Waals surface area contributed by atoms with Gasteiger partial charge in [0.15, 0.2) is 0 Å². The fraction of sp³-hybridized carbons (Fsp3) is 0.625. The van der Waals surface area contributed by atoms with E-state index in [-0.39, 0.29) is 30.5 Å². The minimum atomic E-state index is -0.775. The van der Waals surface area contributed by atoms with Gasteiger partial charge in [-0.2, -0.15) is 0 Å². The normalized spacial score (nSPS) is 14.3. The van der Waals surface area contributed by atoms with Gasteiger partial charge in [0.2, 0.25) is 0 Å². The van der Waals surface area contributed by atoms with Crippen LogP contribution in [0.2, 0.25) is 0 Å². The van der Waals surface area contributed by atoms with Crippen molar-refractivity contribution in [3.05, 3.63) is 29.3 Å². The number of halogens is 2. The molecule has 21 heavy (non-hydrogen) atoms. The van der Waals surface area contributed by atoms with Crippen LogP contribution in [0.5, 0.6) is 0 Å². The van der Waals surface area contributed by atoms with Crippen molar-refractivity contribution in [2.45, 2.75) is 46.3 Å². The van der Waals surface area contributed by atoms with Gasteiger partial charge < -0.3 is 15.2 Å². The molecule has 1 aromatic rings. The second kappa shape index (κ2) is 8.29. The number of anilines is 1. The van der Waals surface area contributed by atoms with Crippen LogP contribution in [0, 0.1) is 24.5 Å². The predicted octanol–water partition coefficient (Wildman–Crippen LogP) is 3.50. The lowest BCUT2D eigenvalue weighted by Gasteiger charge is -2.18. The van der Waals surface area contributed by atoms with Gasteiger partial charge in [0.1, 0.15) is 11.6 Å². The topological polar surface area (TPSA) is 41.5 Å². The summed E-state index contributed by atoms with van der Waals surface area (Å²) < 4.78 is 32.5. The zero-order valence-corrected chi connectivity index (χ0v) is 13.1. The molecule has 0 aliphatic heterocycles. The number of ether oxygens (including phenoxy) is 1. The summed E-state index contributed by atoms with van der Waals surface area (Å²) in [6.45, 7) is 7.93. The first-order valence-electron chi connectivity index (χ1n) is 7.28. The molecule has 0 spiro atoms. The molecule has 0 saturated heterocycles. The second-order valence-corrected chi connectivity index (χ2v) is 5.89. The average Bonchev–Trinajstić information content (AvgIpc) is 2.38. The number of aliphatic hydroxyl groups excluding tert-OH is 1. The summed E-state index contributed by atoms with van der Waals surface area (Å²) in [5.74, 6) is -0.481. The molecule has 5 heteroatoms. The van der Waals surface area contributed by atoms with E-state index >= 15 is 0 Å². The van der Waals surface area contributed by atoms with Gasteiger partial charge >= 0.3 is 0 Å². The number of rotatable bonds is 8. The van der Waals surface area contributed by atoms with Crippen LogP contribution in [0.1, 0.15) is 32.8 Å². The summed E-state index contributed by atoms with van der Waals surface area (Å²) in [5.41, 5.74) is 0.303. The maximum absolute atomic E-state index is 13.6. The Kier molecular flexibility index (Phi) is 7.05. The van der Waals surface area contributed by atoms with Gasteiger partial charge in [-0.25, -0.2) is 8.78 Å². The summed E-state index contributed by atoms with van der Waals surface area (Å²) >= 11 is 0. The third-order valence-electron chi connectivity index (χ3n) is 3.15. The molecule has 0 fully saturated rings. The monoisotopic (exact) mass is 301 g/mol. The number of aliphatic hydroxyl groups is 1. The molecule has 2 N–H and O–H groups in total. The standard InChI is InChI=1S/C16H25F2NO2/c1-10(2)5-12(4)21-9-13(20)8-19-16-7-14(17)11(3)6-15(16)18/h6-7,10,12-13,19-20H,5,8-9H2,1-4H3. The highest BCUT2D eigenvalue weighted by atomic mass is 19.1. The fourth-order valence-electron chi connectivity index (χ4n) is 2.08. The number of hydrogen-bond donors (Lipinski definition) is 2. The molecule has 120 valence electrons. The van der Waals surface area contributed by atoms with Gasteiger partial charge in [0, 0.05) is 12.6 Å². The van der Waals surface area contributed by atoms with E-state index in [9.17, 15) is 13.9 Å². The molecule has 2 atom stereocenters. The highest BCUT2D eigenvalue weighted by Gasteiger charge is 2.12. The zero-order chi connectivity index (χ0) is 16.0. The van der Waals surface area contributed by atoms with Crippen molar-refractivity contribution in [1.29, 1.82) is 0 Å². The first-order chi connectivity index (χ1) is 9.79. The van der Waals surface area contributed by atoms with Crippen LogP contribution in [-0.4, -0.2) is 30.5 Å². The summed E-state index contributed by atoms with van der Waals surface area (Å²) in [4.78, 5) is 0. The van der Waals surface area contributed by atoms with E-state index < -0.39 is 17.7 Å². The fourth-order valence-corrected chi connectivity index (χ4v) is 2.08. The lowest BCUT2D eigenvalue weighted by Crippen LogP contribution is -2.27. The van der Waals surface area contributed by atoms with E-state index in [4.69, 9.17) is 4.74 Å². The number of hydrogen-bond acceptors (Lipinski definition) is 3. The maximum Gasteiger partial charge on any atom is 0.146 e. The smallest absolute Gasteiger partial charge is 0.146 e. The predicted molar refractivity (Wildman–Crippen MR) is 80.5 cm³/mol. The zero-order valence-electron chi connectivity index (χ0n) is 13.1. The van der Waals surface area contributed by atoms with Crippen molar-refractivity contribution in [3.8, 4) is 0 Å². The Hall–Kier alpha value is -1.20. The highest BCUT2D eigenvalue weighted by molar-refractivity contribution is 5.46. The molecule has 1 rings (SSSR count). The number of aryl methyl sites for hydroxylation is 1. The van der Waals surface area contributed by atoms with Gasteiger partial charge in [-0.1, -0.05) is 13.8 Å². The van der Waals surface area contributed by atoms with Crippen LogP contribution >= 0.6 is 0 Å². The number of nitrogens with one attached hydrogen (secondary N) is 1. The first kappa shape index (κ1) is 17.9. The summed E-state index contributed by atoms with van der Waals surface area (Å²) in [6.07, 6.45) is 0.203. The lowest BCUT2D eigenvalue weighted by atomic mass is 10.1. The molecule has 0 aromatic heterocycles. The van der Waals surface area contributed by atoms with E-state index in [1.54, 1.807) is 0 Å². The molecule has 0 aliphatic carbocycles. The Morgan fingerprint density at radius 2 is 1.86 bits per heavy atom. The van der Waals surface area contributed by atoms with Crippen molar-refractivity contribution in [2.75, 3.05) is 18.5 Å². The minimum absolute atomic E-state index is 0.0485. The highest BCUT2D eigenvalue weighted by Crippen LogP contribution is 2.18. The maximum atomic E-state index is 13.6. The Bertz CT molecular complexity index is 452. The Morgan fingerprint density at radius 1 is 1.19 bits per heavy atom. The summed E-state index contributed by atoms with van der Waals surface area (Å²) in [6, 6.07) is 2.23. The average molecular weight is 301 g/mol. The van der Waals surface area contributed by atoms with Crippen molar-refractivity contribution in [2.24, 2.45) is 5.92 Å². The van der Waals surface area contributed by atoms with E-state index in [1.165, 1.54) is 6.92 Å². The summed E-state index contributed by atoms with van der Waals surface area (Å²) in [7, 11) is 0.